The molecule has 0 bridgehead atoms. The van der Waals surface area contributed by atoms with Crippen molar-refractivity contribution in [3.8, 4) is 5.88 Å². The second kappa shape index (κ2) is 13.2. The van der Waals surface area contributed by atoms with Crippen LogP contribution in [0.2, 0.25) is 0 Å². The van der Waals surface area contributed by atoms with Gasteiger partial charge in [0.1, 0.15) is 0 Å². The standard InChI is InChI=1S/C21H36N4O2.HI/c1-5-22-21(25-18-6-8-19(26)9-7-18)24-14-17-10-11-23-20(13-17)27-16(4)12-15(2)3;/h10-11,13,15-16,18-19,26H,5-9,12,14H2,1-4H3,(H2,22,24,25);1H. The number of guanidine groups is 1. The number of hydrogen-bond donors (Lipinski definition) is 3. The van der Waals surface area contributed by atoms with E-state index in [-0.39, 0.29) is 36.2 Å². The van der Waals surface area contributed by atoms with Crippen molar-refractivity contribution < 1.29 is 9.84 Å². The van der Waals surface area contributed by atoms with Crippen molar-refractivity contribution >= 4 is 29.9 Å². The summed E-state index contributed by atoms with van der Waals surface area (Å²) < 4.78 is 5.94. The van der Waals surface area contributed by atoms with Gasteiger partial charge in [-0.3, -0.25) is 0 Å². The van der Waals surface area contributed by atoms with E-state index in [9.17, 15) is 5.11 Å². The lowest BCUT2D eigenvalue weighted by Gasteiger charge is -2.27. The first kappa shape index (κ1) is 24.9. The van der Waals surface area contributed by atoms with Crippen LogP contribution in [0.4, 0.5) is 0 Å². The molecule has 0 aromatic carbocycles. The molecule has 2 rings (SSSR count). The van der Waals surface area contributed by atoms with E-state index in [4.69, 9.17) is 9.73 Å². The first-order valence-corrected chi connectivity index (χ1v) is 10.3. The second-order valence-electron chi connectivity index (χ2n) is 7.91. The van der Waals surface area contributed by atoms with E-state index in [0.29, 0.717) is 24.4 Å². The number of hydrogen-bond acceptors (Lipinski definition) is 4. The van der Waals surface area contributed by atoms with Gasteiger partial charge in [-0.15, -0.1) is 24.0 Å². The Kier molecular flexibility index (Phi) is 11.8. The van der Waals surface area contributed by atoms with Gasteiger partial charge in [0.25, 0.3) is 0 Å². The van der Waals surface area contributed by atoms with Crippen LogP contribution in [-0.2, 0) is 6.54 Å². The number of halogens is 1. The number of aliphatic imine (C=N–C) groups is 1. The summed E-state index contributed by atoms with van der Waals surface area (Å²) in [5.41, 5.74) is 1.08. The molecule has 160 valence electrons. The van der Waals surface area contributed by atoms with Gasteiger partial charge in [0.15, 0.2) is 5.96 Å². The maximum atomic E-state index is 9.66. The molecule has 7 heteroatoms. The van der Waals surface area contributed by atoms with Crippen molar-refractivity contribution in [2.24, 2.45) is 10.9 Å². The van der Waals surface area contributed by atoms with E-state index in [1.54, 1.807) is 6.20 Å². The molecule has 1 atom stereocenters. The van der Waals surface area contributed by atoms with Crippen molar-refractivity contribution in [3.63, 3.8) is 0 Å². The molecule has 1 aromatic heterocycles. The fourth-order valence-corrected chi connectivity index (χ4v) is 3.44. The Bertz CT molecular complexity index is 590. The Labute approximate surface area is 187 Å². The molecule has 1 aromatic rings. The Morgan fingerprint density at radius 3 is 2.64 bits per heavy atom. The van der Waals surface area contributed by atoms with Crippen LogP contribution in [0.1, 0.15) is 65.4 Å². The molecule has 0 saturated heterocycles. The molecule has 1 aliphatic rings. The summed E-state index contributed by atoms with van der Waals surface area (Å²) in [7, 11) is 0. The molecule has 28 heavy (non-hydrogen) atoms. The van der Waals surface area contributed by atoms with E-state index in [2.05, 4.69) is 43.3 Å². The summed E-state index contributed by atoms with van der Waals surface area (Å²) in [5, 5.41) is 16.5. The van der Waals surface area contributed by atoms with E-state index < -0.39 is 0 Å². The van der Waals surface area contributed by atoms with Crippen LogP contribution in [0.3, 0.4) is 0 Å². The molecule has 1 unspecified atom stereocenters. The van der Waals surface area contributed by atoms with Gasteiger partial charge in [-0.25, -0.2) is 9.98 Å². The number of pyridine rings is 1. The second-order valence-corrected chi connectivity index (χ2v) is 7.91. The molecule has 0 radical (unpaired) electrons. The molecule has 0 amide bonds. The summed E-state index contributed by atoms with van der Waals surface area (Å²) in [6, 6.07) is 4.32. The number of nitrogens with one attached hydrogen (secondary N) is 2. The van der Waals surface area contributed by atoms with Crippen molar-refractivity contribution in [2.75, 3.05) is 6.54 Å². The molecule has 6 nitrogen and oxygen atoms in total. The molecular formula is C21H37IN4O2. The predicted molar refractivity (Wildman–Crippen MR) is 125 cm³/mol. The zero-order valence-corrected chi connectivity index (χ0v) is 20.0. The van der Waals surface area contributed by atoms with Crippen LogP contribution < -0.4 is 15.4 Å². The fraction of sp³-hybridized carbons (Fsp3) is 0.714. The first-order chi connectivity index (χ1) is 13.0. The average Bonchev–Trinajstić information content (AvgIpc) is 2.61. The van der Waals surface area contributed by atoms with Gasteiger partial charge in [-0.05, 0) is 63.5 Å². The van der Waals surface area contributed by atoms with Gasteiger partial charge in [0.2, 0.25) is 5.88 Å². The van der Waals surface area contributed by atoms with Gasteiger partial charge < -0.3 is 20.5 Å². The number of ether oxygens (including phenoxy) is 1. The van der Waals surface area contributed by atoms with Gasteiger partial charge in [0.05, 0.1) is 18.8 Å². The maximum absolute atomic E-state index is 9.66. The topological polar surface area (TPSA) is 78.8 Å². The highest BCUT2D eigenvalue weighted by molar-refractivity contribution is 14.0. The largest absolute Gasteiger partial charge is 0.475 e. The van der Waals surface area contributed by atoms with E-state index in [1.807, 2.05) is 12.1 Å². The van der Waals surface area contributed by atoms with Gasteiger partial charge in [-0.1, -0.05) is 13.8 Å². The lowest BCUT2D eigenvalue weighted by Crippen LogP contribution is -2.45. The van der Waals surface area contributed by atoms with E-state index in [0.717, 1.165) is 50.2 Å². The quantitative estimate of drug-likeness (QED) is 0.285. The molecule has 1 aliphatic carbocycles. The molecule has 1 saturated carbocycles. The number of rotatable bonds is 8. The number of aromatic nitrogens is 1. The molecule has 1 heterocycles. The SMILES string of the molecule is CCNC(=NCc1ccnc(OC(C)CC(C)C)c1)NC1CCC(O)CC1.I. The smallest absolute Gasteiger partial charge is 0.213 e. The molecule has 0 spiro atoms. The summed E-state index contributed by atoms with van der Waals surface area (Å²) in [4.78, 5) is 9.04. The predicted octanol–water partition coefficient (Wildman–Crippen LogP) is 3.87. The number of nitrogens with zero attached hydrogens (tertiary/aromatic N) is 2. The third kappa shape index (κ3) is 9.41. The number of aliphatic hydroxyl groups is 1. The van der Waals surface area contributed by atoms with Crippen LogP contribution in [0.5, 0.6) is 5.88 Å². The Morgan fingerprint density at radius 2 is 2.00 bits per heavy atom. The van der Waals surface area contributed by atoms with E-state index >= 15 is 0 Å². The maximum Gasteiger partial charge on any atom is 0.213 e. The Balaban J connectivity index is 0.00000392. The van der Waals surface area contributed by atoms with E-state index in [1.165, 1.54) is 0 Å². The summed E-state index contributed by atoms with van der Waals surface area (Å²) in [6.45, 7) is 9.93. The lowest BCUT2D eigenvalue weighted by atomic mass is 9.93. The van der Waals surface area contributed by atoms with Crippen LogP contribution in [0.25, 0.3) is 0 Å². The van der Waals surface area contributed by atoms with Crippen LogP contribution >= 0.6 is 24.0 Å². The van der Waals surface area contributed by atoms with Crippen molar-refractivity contribution in [2.45, 2.75) is 84.6 Å². The zero-order chi connectivity index (χ0) is 19.6. The zero-order valence-electron chi connectivity index (χ0n) is 17.6. The molecule has 1 fully saturated rings. The lowest BCUT2D eigenvalue weighted by molar-refractivity contribution is 0.120. The minimum Gasteiger partial charge on any atom is -0.475 e. The van der Waals surface area contributed by atoms with Crippen molar-refractivity contribution in [3.05, 3.63) is 23.9 Å². The highest BCUT2D eigenvalue weighted by Gasteiger charge is 2.20. The van der Waals surface area contributed by atoms with Gasteiger partial charge in [0, 0.05) is 24.8 Å². The highest BCUT2D eigenvalue weighted by atomic mass is 127. The van der Waals surface area contributed by atoms with Crippen LogP contribution in [-0.4, -0.2) is 40.8 Å². The third-order valence-corrected chi connectivity index (χ3v) is 4.73. The van der Waals surface area contributed by atoms with Crippen LogP contribution in [0.15, 0.2) is 23.3 Å². The normalized spacial score (nSPS) is 21.0. The first-order valence-electron chi connectivity index (χ1n) is 10.3. The van der Waals surface area contributed by atoms with Crippen molar-refractivity contribution in [1.82, 2.24) is 15.6 Å². The van der Waals surface area contributed by atoms with Crippen molar-refractivity contribution in [1.29, 1.82) is 0 Å². The van der Waals surface area contributed by atoms with Crippen LogP contribution in [0, 0.1) is 5.92 Å². The minimum absolute atomic E-state index is 0. The summed E-state index contributed by atoms with van der Waals surface area (Å²) in [5.74, 6) is 2.09. The molecule has 0 aliphatic heterocycles. The molecule has 3 N–H and O–H groups in total. The summed E-state index contributed by atoms with van der Waals surface area (Å²) in [6.07, 6.45) is 6.47. The molecular weight excluding hydrogens is 467 g/mol. The minimum atomic E-state index is -0.143. The van der Waals surface area contributed by atoms with Gasteiger partial charge >= 0.3 is 0 Å². The number of aliphatic hydroxyl groups excluding tert-OH is 1. The third-order valence-electron chi connectivity index (χ3n) is 4.73. The highest BCUT2D eigenvalue weighted by Crippen LogP contribution is 2.18. The van der Waals surface area contributed by atoms with Gasteiger partial charge in [-0.2, -0.15) is 0 Å². The monoisotopic (exact) mass is 504 g/mol. The Morgan fingerprint density at radius 1 is 1.29 bits per heavy atom. The fourth-order valence-electron chi connectivity index (χ4n) is 3.44. The summed E-state index contributed by atoms with van der Waals surface area (Å²) >= 11 is 0. The Hall–Kier alpha value is -1.09. The average molecular weight is 504 g/mol.